The highest BCUT2D eigenvalue weighted by molar-refractivity contribution is 4.68. The van der Waals surface area contributed by atoms with Crippen LogP contribution in [0.1, 0.15) is 19.8 Å². The first-order valence-corrected chi connectivity index (χ1v) is 3.47. The van der Waals surface area contributed by atoms with Crippen LogP contribution in [0, 0.1) is 19.1 Å². The van der Waals surface area contributed by atoms with Gasteiger partial charge in [0.2, 0.25) is 13.1 Å². The van der Waals surface area contributed by atoms with Crippen LogP contribution in [0.3, 0.4) is 0 Å². The monoisotopic (exact) mass is 136 g/mol. The zero-order valence-electron chi connectivity index (χ0n) is 6.30. The predicted octanol–water partition coefficient (Wildman–Crippen LogP) is 2.24. The van der Waals surface area contributed by atoms with Gasteiger partial charge in [-0.05, 0) is 6.42 Å². The third-order valence-electron chi connectivity index (χ3n) is 1.37. The summed E-state index contributed by atoms with van der Waals surface area (Å²) < 4.78 is 0. The van der Waals surface area contributed by atoms with Crippen molar-refractivity contribution in [1.29, 1.82) is 0 Å². The molecule has 0 aromatic heterocycles. The molecule has 0 saturated carbocycles. The van der Waals surface area contributed by atoms with Crippen LogP contribution >= 0.6 is 0 Å². The van der Waals surface area contributed by atoms with Crippen molar-refractivity contribution in [3.8, 4) is 0 Å². The Labute approximate surface area is 62.5 Å². The molecule has 2 heteroatoms. The lowest BCUT2D eigenvalue weighted by molar-refractivity contribution is 0.558. The van der Waals surface area contributed by atoms with E-state index in [0.29, 0.717) is 19.0 Å². The normalized spacial score (nSPS) is 11.5. The average Bonchev–Trinajstić information content (AvgIpc) is 1.89. The molecular formula is C8H12N2. The van der Waals surface area contributed by atoms with Crippen LogP contribution in [0.5, 0.6) is 0 Å². The second-order valence-electron chi connectivity index (χ2n) is 2.47. The third kappa shape index (κ3) is 5.12. The number of hydrogen-bond acceptors (Lipinski definition) is 0. The lowest BCUT2D eigenvalue weighted by Gasteiger charge is -1.98. The van der Waals surface area contributed by atoms with Gasteiger partial charge in [0.1, 0.15) is 0 Å². The molecule has 0 bridgehead atoms. The van der Waals surface area contributed by atoms with Crippen LogP contribution in [0.4, 0.5) is 0 Å². The van der Waals surface area contributed by atoms with Crippen molar-refractivity contribution in [2.75, 3.05) is 13.1 Å². The van der Waals surface area contributed by atoms with E-state index in [4.69, 9.17) is 13.1 Å². The largest absolute Gasteiger partial charge is 0.317 e. The summed E-state index contributed by atoms with van der Waals surface area (Å²) in [5.41, 5.74) is 0. The van der Waals surface area contributed by atoms with Gasteiger partial charge in [-0.25, -0.2) is 13.1 Å². The Bertz CT molecular complexity index is 150. The van der Waals surface area contributed by atoms with Gasteiger partial charge >= 0.3 is 0 Å². The summed E-state index contributed by atoms with van der Waals surface area (Å²) in [5.74, 6) is 0.472. The average molecular weight is 136 g/mol. The van der Waals surface area contributed by atoms with Crippen LogP contribution < -0.4 is 0 Å². The van der Waals surface area contributed by atoms with Gasteiger partial charge < -0.3 is 9.69 Å². The van der Waals surface area contributed by atoms with Gasteiger partial charge in [-0.15, -0.1) is 0 Å². The van der Waals surface area contributed by atoms with E-state index in [1.807, 2.05) is 0 Å². The topological polar surface area (TPSA) is 8.72 Å². The van der Waals surface area contributed by atoms with Gasteiger partial charge in [0.05, 0.1) is 0 Å². The highest BCUT2D eigenvalue weighted by Gasteiger charge is 2.03. The standard InChI is InChI=1S/C8H12N2/c1-8(7-10-3)5-4-6-9-2/h8H,4-7H2,1H3. The van der Waals surface area contributed by atoms with Gasteiger partial charge in [0, 0.05) is 12.3 Å². The van der Waals surface area contributed by atoms with E-state index in [2.05, 4.69) is 16.6 Å². The maximum atomic E-state index is 6.58. The molecule has 10 heavy (non-hydrogen) atoms. The van der Waals surface area contributed by atoms with Crippen molar-refractivity contribution in [3.63, 3.8) is 0 Å². The van der Waals surface area contributed by atoms with Crippen LogP contribution in [0.25, 0.3) is 9.69 Å². The van der Waals surface area contributed by atoms with E-state index in [9.17, 15) is 0 Å². The van der Waals surface area contributed by atoms with Gasteiger partial charge in [-0.2, -0.15) is 0 Å². The van der Waals surface area contributed by atoms with E-state index < -0.39 is 0 Å². The lowest BCUT2D eigenvalue weighted by atomic mass is 10.1. The molecule has 0 aliphatic rings. The summed E-state index contributed by atoms with van der Waals surface area (Å²) in [4.78, 5) is 6.53. The summed E-state index contributed by atoms with van der Waals surface area (Å²) in [6.45, 7) is 16.4. The van der Waals surface area contributed by atoms with E-state index in [1.165, 1.54) is 0 Å². The van der Waals surface area contributed by atoms with E-state index in [0.717, 1.165) is 12.8 Å². The Hall–Kier alpha value is -1.02. The predicted molar refractivity (Wildman–Crippen MR) is 41.3 cm³/mol. The van der Waals surface area contributed by atoms with E-state index >= 15 is 0 Å². The van der Waals surface area contributed by atoms with Crippen LogP contribution in [-0.4, -0.2) is 13.1 Å². The molecule has 0 aromatic carbocycles. The summed E-state index contributed by atoms with van der Waals surface area (Å²) in [5, 5.41) is 0. The van der Waals surface area contributed by atoms with Crippen molar-refractivity contribution in [2.24, 2.45) is 5.92 Å². The van der Waals surface area contributed by atoms with Gasteiger partial charge in [-0.3, -0.25) is 0 Å². The molecule has 1 atom stereocenters. The minimum atomic E-state index is 0.472. The molecule has 0 aliphatic carbocycles. The molecular weight excluding hydrogens is 124 g/mol. The molecule has 54 valence electrons. The minimum absolute atomic E-state index is 0.472. The van der Waals surface area contributed by atoms with Crippen LogP contribution in [-0.2, 0) is 0 Å². The van der Waals surface area contributed by atoms with Crippen molar-refractivity contribution in [2.45, 2.75) is 19.8 Å². The van der Waals surface area contributed by atoms with E-state index in [-0.39, 0.29) is 0 Å². The number of hydrogen-bond donors (Lipinski definition) is 0. The van der Waals surface area contributed by atoms with E-state index in [1.54, 1.807) is 0 Å². The Morgan fingerprint density at radius 1 is 1.30 bits per heavy atom. The zero-order chi connectivity index (χ0) is 7.82. The summed E-state index contributed by atoms with van der Waals surface area (Å²) in [7, 11) is 0. The molecule has 0 amide bonds. The minimum Gasteiger partial charge on any atom is -0.317 e. The fourth-order valence-corrected chi connectivity index (χ4v) is 0.766. The highest BCUT2D eigenvalue weighted by atomic mass is 14.6. The third-order valence-corrected chi connectivity index (χ3v) is 1.37. The van der Waals surface area contributed by atoms with Gasteiger partial charge in [0.15, 0.2) is 0 Å². The van der Waals surface area contributed by atoms with Crippen molar-refractivity contribution in [3.05, 3.63) is 22.8 Å². The Balaban J connectivity index is 3.16. The van der Waals surface area contributed by atoms with Crippen LogP contribution in [0.15, 0.2) is 0 Å². The quantitative estimate of drug-likeness (QED) is 0.414. The first-order chi connectivity index (χ1) is 4.81. The Morgan fingerprint density at radius 2 is 2.00 bits per heavy atom. The van der Waals surface area contributed by atoms with Gasteiger partial charge in [-0.1, -0.05) is 6.92 Å². The maximum Gasteiger partial charge on any atom is 0.217 e. The fourth-order valence-electron chi connectivity index (χ4n) is 0.766. The highest BCUT2D eigenvalue weighted by Crippen LogP contribution is 2.05. The first kappa shape index (κ1) is 8.98. The molecule has 0 aliphatic heterocycles. The summed E-state index contributed by atoms with van der Waals surface area (Å²) >= 11 is 0. The fraction of sp³-hybridized carbons (Fsp3) is 0.750. The molecule has 2 nitrogen and oxygen atoms in total. The smallest absolute Gasteiger partial charge is 0.217 e. The SMILES string of the molecule is [C-]#[N+]CCCC(C)C[N+]#[C-]. The maximum absolute atomic E-state index is 6.58. The lowest BCUT2D eigenvalue weighted by Crippen LogP contribution is -1.97. The molecule has 0 radical (unpaired) electrons. The van der Waals surface area contributed by atoms with Crippen molar-refractivity contribution in [1.82, 2.24) is 0 Å². The molecule has 0 aromatic rings. The molecule has 0 N–H and O–H groups in total. The van der Waals surface area contributed by atoms with Crippen molar-refractivity contribution < 1.29 is 0 Å². The second-order valence-corrected chi connectivity index (χ2v) is 2.47. The van der Waals surface area contributed by atoms with Gasteiger partial charge in [0.25, 0.3) is 0 Å². The zero-order valence-corrected chi connectivity index (χ0v) is 6.30. The summed E-state index contributed by atoms with van der Waals surface area (Å²) in [6.07, 6.45) is 1.96. The van der Waals surface area contributed by atoms with Crippen molar-refractivity contribution >= 4 is 0 Å². The molecule has 1 unspecified atom stereocenters. The molecule has 0 heterocycles. The molecule has 0 spiro atoms. The Morgan fingerprint density at radius 3 is 2.50 bits per heavy atom. The molecule has 0 rings (SSSR count). The molecule has 0 saturated heterocycles. The first-order valence-electron chi connectivity index (χ1n) is 3.47. The molecule has 0 fully saturated rings. The summed E-state index contributed by atoms with van der Waals surface area (Å²) in [6, 6.07) is 0. The second kappa shape index (κ2) is 6.11. The number of rotatable bonds is 4. The Kier molecular flexibility index (Phi) is 5.48. The van der Waals surface area contributed by atoms with Crippen LogP contribution in [0.2, 0.25) is 0 Å². The number of nitrogens with zero attached hydrogens (tertiary/aromatic N) is 2.